The smallest absolute Gasteiger partial charge is 0.220 e. The van der Waals surface area contributed by atoms with Gasteiger partial charge in [-0.15, -0.1) is 0 Å². The quantitative estimate of drug-likeness (QED) is 0.545. The zero-order valence-electron chi connectivity index (χ0n) is 8.74. The first kappa shape index (κ1) is 14.4. The van der Waals surface area contributed by atoms with E-state index < -0.39 is 9.90 Å². The summed E-state index contributed by atoms with van der Waals surface area (Å²) in [5.41, 5.74) is 0.785. The number of aromatic nitrogens is 1. The maximum absolute atomic E-state index is 10.1. The van der Waals surface area contributed by atoms with Crippen LogP contribution in [0.5, 0.6) is 5.75 Å². The van der Waals surface area contributed by atoms with E-state index in [4.69, 9.17) is 34.8 Å². The van der Waals surface area contributed by atoms with Crippen LogP contribution in [0.25, 0.3) is 10.9 Å². The Bertz CT molecular complexity index is 601. The van der Waals surface area contributed by atoms with Crippen LogP contribution in [-0.2, 0) is 0 Å². The number of phenolic OH excluding ortho intramolecular Hbond substituents is 1. The van der Waals surface area contributed by atoms with Crippen LogP contribution in [0.1, 0.15) is 11.7 Å². The fourth-order valence-electron chi connectivity index (χ4n) is 1.63. The van der Waals surface area contributed by atoms with Gasteiger partial charge in [0.05, 0.1) is 3.57 Å². The van der Waals surface area contributed by atoms with E-state index in [9.17, 15) is 10.2 Å². The number of aliphatic hydroxyl groups is 1. The summed E-state index contributed by atoms with van der Waals surface area (Å²) in [5.74, 6) is 0.0477. The van der Waals surface area contributed by atoms with Crippen LogP contribution in [0.15, 0.2) is 24.4 Å². The van der Waals surface area contributed by atoms with Crippen molar-refractivity contribution in [2.75, 3.05) is 0 Å². The first-order valence-electron chi connectivity index (χ1n) is 4.83. The molecule has 1 unspecified atom stereocenters. The average Bonchev–Trinajstić information content (AvgIpc) is 2.32. The molecule has 3 nitrogen and oxygen atoms in total. The Morgan fingerprint density at radius 1 is 1.33 bits per heavy atom. The third-order valence-electron chi connectivity index (χ3n) is 2.46. The van der Waals surface area contributed by atoms with Crippen LogP contribution in [0.2, 0.25) is 0 Å². The summed E-state index contributed by atoms with van der Waals surface area (Å²) in [5, 5.41) is 20.5. The zero-order valence-corrected chi connectivity index (χ0v) is 13.2. The number of aliphatic hydroxyl groups excluding tert-OH is 1. The minimum atomic E-state index is -1.84. The molecule has 18 heavy (non-hydrogen) atoms. The molecular formula is C11H7Cl3INO2. The molecule has 1 aromatic carbocycles. The van der Waals surface area contributed by atoms with Crippen molar-refractivity contribution < 1.29 is 10.2 Å². The normalized spacial score (nSPS) is 13.8. The van der Waals surface area contributed by atoms with Crippen molar-refractivity contribution in [3.63, 3.8) is 0 Å². The lowest BCUT2D eigenvalue weighted by Gasteiger charge is -2.21. The molecule has 2 N–H and O–H groups in total. The molecule has 0 spiro atoms. The predicted octanol–water partition coefficient (Wildman–Crippen LogP) is 3.95. The molecule has 7 heteroatoms. The Morgan fingerprint density at radius 2 is 2.00 bits per heavy atom. The van der Waals surface area contributed by atoms with Gasteiger partial charge in [0.1, 0.15) is 11.6 Å². The first-order chi connectivity index (χ1) is 8.32. The predicted molar refractivity (Wildman–Crippen MR) is 81.4 cm³/mol. The van der Waals surface area contributed by atoms with Gasteiger partial charge in [0.25, 0.3) is 0 Å². The Balaban J connectivity index is 2.76. The zero-order chi connectivity index (χ0) is 13.5. The Hall–Kier alpha value is -0.0100. The molecule has 0 fully saturated rings. The summed E-state index contributed by atoms with van der Waals surface area (Å²) in [6.45, 7) is 0. The van der Waals surface area contributed by atoms with Crippen LogP contribution in [-0.4, -0.2) is 19.0 Å². The van der Waals surface area contributed by atoms with Gasteiger partial charge in [0.15, 0.2) is 5.75 Å². The second-order valence-electron chi connectivity index (χ2n) is 3.64. The van der Waals surface area contributed by atoms with Crippen LogP contribution in [0.3, 0.4) is 0 Å². The largest absolute Gasteiger partial charge is 0.505 e. The van der Waals surface area contributed by atoms with Gasteiger partial charge < -0.3 is 10.2 Å². The lowest BCUT2D eigenvalue weighted by molar-refractivity contribution is 0.184. The third kappa shape index (κ3) is 2.63. The standard InChI is InChI=1S/C11H7Cl3INO2/c12-11(13,14)10(18)6-4-7(15)9(17)8-5(6)2-1-3-16-8/h1-4,10,17-18H. The molecular weight excluding hydrogens is 411 g/mol. The van der Waals surface area contributed by atoms with Crippen molar-refractivity contribution in [2.24, 2.45) is 0 Å². The van der Waals surface area contributed by atoms with E-state index in [1.54, 1.807) is 24.4 Å². The maximum atomic E-state index is 10.1. The summed E-state index contributed by atoms with van der Waals surface area (Å²) >= 11 is 19.0. The van der Waals surface area contributed by atoms with Gasteiger partial charge in [-0.2, -0.15) is 0 Å². The lowest BCUT2D eigenvalue weighted by atomic mass is 10.0. The lowest BCUT2D eigenvalue weighted by Crippen LogP contribution is -2.17. The van der Waals surface area contributed by atoms with Gasteiger partial charge in [-0.3, -0.25) is 4.98 Å². The van der Waals surface area contributed by atoms with Crippen LogP contribution < -0.4 is 0 Å². The highest BCUT2D eigenvalue weighted by Crippen LogP contribution is 2.43. The van der Waals surface area contributed by atoms with Gasteiger partial charge in [-0.05, 0) is 40.3 Å². The molecule has 96 valence electrons. The number of rotatable bonds is 1. The van der Waals surface area contributed by atoms with Crippen molar-refractivity contribution in [1.29, 1.82) is 0 Å². The third-order valence-corrected chi connectivity index (χ3v) is 3.90. The summed E-state index contributed by atoms with van der Waals surface area (Å²) in [7, 11) is 0. The summed E-state index contributed by atoms with van der Waals surface area (Å²) < 4.78 is -1.31. The molecule has 2 rings (SSSR count). The minimum Gasteiger partial charge on any atom is -0.505 e. The van der Waals surface area contributed by atoms with E-state index in [-0.39, 0.29) is 5.75 Å². The Labute approximate surface area is 132 Å². The second kappa shape index (κ2) is 5.17. The minimum absolute atomic E-state index is 0.0477. The average molecular weight is 418 g/mol. The highest BCUT2D eigenvalue weighted by Gasteiger charge is 2.34. The summed E-state index contributed by atoms with van der Waals surface area (Å²) in [6.07, 6.45) is 0.243. The fourth-order valence-corrected chi connectivity index (χ4v) is 2.57. The van der Waals surface area contributed by atoms with Crippen LogP contribution in [0.4, 0.5) is 0 Å². The van der Waals surface area contributed by atoms with E-state index in [2.05, 4.69) is 4.98 Å². The van der Waals surface area contributed by atoms with Crippen LogP contribution in [0, 0.1) is 3.57 Å². The van der Waals surface area contributed by atoms with Crippen molar-refractivity contribution in [2.45, 2.75) is 9.90 Å². The number of alkyl halides is 3. The number of benzene rings is 1. The molecule has 0 aliphatic heterocycles. The Kier molecular flexibility index (Phi) is 4.14. The monoisotopic (exact) mass is 417 g/mol. The number of pyridine rings is 1. The van der Waals surface area contributed by atoms with E-state index in [1.807, 2.05) is 22.6 Å². The molecule has 0 saturated carbocycles. The fraction of sp³-hybridized carbons (Fsp3) is 0.182. The van der Waals surface area contributed by atoms with Gasteiger partial charge in [-0.1, -0.05) is 40.9 Å². The van der Waals surface area contributed by atoms with E-state index in [1.165, 1.54) is 0 Å². The molecule has 1 heterocycles. The van der Waals surface area contributed by atoms with Crippen molar-refractivity contribution >= 4 is 68.3 Å². The molecule has 0 aliphatic rings. The SMILES string of the molecule is Oc1c(I)cc(C(O)C(Cl)(Cl)Cl)c2cccnc12. The molecule has 1 aromatic heterocycles. The van der Waals surface area contributed by atoms with Gasteiger partial charge in [-0.25, -0.2) is 0 Å². The van der Waals surface area contributed by atoms with E-state index in [0.29, 0.717) is 20.0 Å². The first-order valence-corrected chi connectivity index (χ1v) is 7.04. The molecule has 1 atom stereocenters. The number of fused-ring (bicyclic) bond motifs is 1. The van der Waals surface area contributed by atoms with Gasteiger partial charge in [0.2, 0.25) is 3.79 Å². The number of phenols is 1. The summed E-state index contributed by atoms with van der Waals surface area (Å²) in [6, 6.07) is 4.96. The molecule has 0 bridgehead atoms. The number of aromatic hydroxyl groups is 1. The topological polar surface area (TPSA) is 53.4 Å². The van der Waals surface area contributed by atoms with Gasteiger partial charge in [0, 0.05) is 11.6 Å². The number of hydrogen-bond acceptors (Lipinski definition) is 3. The van der Waals surface area contributed by atoms with Gasteiger partial charge >= 0.3 is 0 Å². The highest BCUT2D eigenvalue weighted by molar-refractivity contribution is 14.1. The molecule has 2 aromatic rings. The molecule has 0 radical (unpaired) electrons. The van der Waals surface area contributed by atoms with Crippen LogP contribution >= 0.6 is 57.4 Å². The Morgan fingerprint density at radius 3 is 2.61 bits per heavy atom. The molecule has 0 amide bonds. The van der Waals surface area contributed by atoms with E-state index >= 15 is 0 Å². The van der Waals surface area contributed by atoms with Crippen molar-refractivity contribution in [3.05, 3.63) is 33.5 Å². The number of halogens is 4. The highest BCUT2D eigenvalue weighted by atomic mass is 127. The maximum Gasteiger partial charge on any atom is 0.220 e. The van der Waals surface area contributed by atoms with Crippen molar-refractivity contribution in [1.82, 2.24) is 4.98 Å². The number of hydrogen-bond donors (Lipinski definition) is 2. The second-order valence-corrected chi connectivity index (χ2v) is 7.17. The number of nitrogens with zero attached hydrogens (tertiary/aromatic N) is 1. The van der Waals surface area contributed by atoms with Crippen molar-refractivity contribution in [3.8, 4) is 5.75 Å². The molecule has 0 aliphatic carbocycles. The summed E-state index contributed by atoms with van der Waals surface area (Å²) in [4.78, 5) is 4.07. The molecule has 0 saturated heterocycles. The van der Waals surface area contributed by atoms with E-state index in [0.717, 1.165) is 0 Å².